The largest absolute Gasteiger partial charge is 0.349 e. The molecular weight excluding hydrogens is 430 g/mol. The van der Waals surface area contributed by atoms with Crippen LogP contribution in [0.25, 0.3) is 10.3 Å². The summed E-state index contributed by atoms with van der Waals surface area (Å²) < 4.78 is 2.21. The summed E-state index contributed by atoms with van der Waals surface area (Å²) in [5.74, 6) is 0.0185. The molecule has 0 saturated carbocycles. The molecule has 0 fully saturated rings. The van der Waals surface area contributed by atoms with E-state index in [2.05, 4.69) is 34.0 Å². The maximum Gasteiger partial charge on any atom is 0.274 e. The molecule has 3 rings (SSSR count). The molecule has 0 aliphatic carbocycles. The minimum absolute atomic E-state index is 0.0753. The highest BCUT2D eigenvalue weighted by molar-refractivity contribution is 7.99. The van der Waals surface area contributed by atoms with Crippen LogP contribution in [0.5, 0.6) is 0 Å². The van der Waals surface area contributed by atoms with Crippen molar-refractivity contribution in [3.05, 3.63) is 39.7 Å². The molecule has 0 atom stereocenters. The van der Waals surface area contributed by atoms with E-state index in [1.54, 1.807) is 4.57 Å². The number of fused-ring (bicyclic) bond motifs is 1. The number of thiazole rings is 1. The predicted octanol–water partition coefficient (Wildman–Crippen LogP) is 4.63. The molecule has 1 N–H and O–H groups in total. The number of nitrogens with one attached hydrogen (secondary N) is 1. The quantitative estimate of drug-likeness (QED) is 0.391. The Balaban J connectivity index is 1.86. The molecule has 7 nitrogen and oxygen atoms in total. The van der Waals surface area contributed by atoms with Gasteiger partial charge in [0.15, 0.2) is 15.9 Å². The third-order valence-corrected chi connectivity index (χ3v) is 7.14. The molecule has 166 valence electrons. The lowest BCUT2D eigenvalue weighted by molar-refractivity contribution is -0.113. The molecule has 1 aromatic carbocycles. The van der Waals surface area contributed by atoms with Gasteiger partial charge in [-0.15, -0.1) is 0 Å². The fraction of sp³-hybridized carbons (Fsp3) is 0.455. The first-order valence-electron chi connectivity index (χ1n) is 10.4. The van der Waals surface area contributed by atoms with Crippen molar-refractivity contribution in [3.8, 4) is 0 Å². The second-order valence-corrected chi connectivity index (χ2v) is 9.54. The van der Waals surface area contributed by atoms with Gasteiger partial charge in [0.2, 0.25) is 5.91 Å². The summed E-state index contributed by atoms with van der Waals surface area (Å²) in [4.78, 5) is 37.0. The first-order valence-corrected chi connectivity index (χ1v) is 12.2. The van der Waals surface area contributed by atoms with Crippen LogP contribution in [0.2, 0.25) is 0 Å². The normalized spacial score (nSPS) is 11.3. The standard InChI is InChI=1S/C22H29N5O2S2/c1-7-26(8-2)21-24-19-18(31-21)20(29)27(13(3)4)22(25-19)30-12-17(28)23-16-10-9-14(5)15(6)11-16/h9-11,13H,7-8,12H2,1-6H3,(H,23,28). The van der Waals surface area contributed by atoms with Gasteiger partial charge in [-0.3, -0.25) is 14.2 Å². The number of aryl methyl sites for hydroxylation is 2. The van der Waals surface area contributed by atoms with E-state index in [1.807, 2.05) is 45.9 Å². The van der Waals surface area contributed by atoms with E-state index in [0.29, 0.717) is 15.5 Å². The summed E-state index contributed by atoms with van der Waals surface area (Å²) in [5.41, 5.74) is 3.41. The van der Waals surface area contributed by atoms with Gasteiger partial charge in [0.25, 0.3) is 5.56 Å². The highest BCUT2D eigenvalue weighted by Crippen LogP contribution is 2.28. The zero-order chi connectivity index (χ0) is 22.7. The molecule has 2 heterocycles. The number of hydrogen-bond acceptors (Lipinski definition) is 7. The molecule has 0 aliphatic heterocycles. The maximum atomic E-state index is 13.2. The van der Waals surface area contributed by atoms with Crippen LogP contribution in [0.3, 0.4) is 0 Å². The molecule has 2 aromatic heterocycles. The minimum atomic E-state index is -0.139. The van der Waals surface area contributed by atoms with E-state index in [1.165, 1.54) is 28.7 Å². The molecule has 3 aromatic rings. The minimum Gasteiger partial charge on any atom is -0.349 e. The highest BCUT2D eigenvalue weighted by atomic mass is 32.2. The van der Waals surface area contributed by atoms with Crippen molar-refractivity contribution in [1.29, 1.82) is 0 Å². The fourth-order valence-corrected chi connectivity index (χ4v) is 5.18. The molecular formula is C22H29N5O2S2. The molecule has 9 heteroatoms. The van der Waals surface area contributed by atoms with E-state index in [-0.39, 0.29) is 23.3 Å². The summed E-state index contributed by atoms with van der Waals surface area (Å²) in [6.45, 7) is 13.7. The molecule has 0 aliphatic rings. The number of rotatable bonds is 8. The Morgan fingerprint density at radius 1 is 1.19 bits per heavy atom. The number of hydrogen-bond donors (Lipinski definition) is 1. The highest BCUT2D eigenvalue weighted by Gasteiger charge is 2.20. The monoisotopic (exact) mass is 459 g/mol. The van der Waals surface area contributed by atoms with Crippen LogP contribution in [0, 0.1) is 13.8 Å². The van der Waals surface area contributed by atoms with Crippen molar-refractivity contribution in [2.24, 2.45) is 0 Å². The molecule has 1 amide bonds. The Hall–Kier alpha value is -2.39. The summed E-state index contributed by atoms with van der Waals surface area (Å²) in [7, 11) is 0. The zero-order valence-electron chi connectivity index (χ0n) is 18.9. The van der Waals surface area contributed by atoms with E-state index in [0.717, 1.165) is 29.5 Å². The zero-order valence-corrected chi connectivity index (χ0v) is 20.5. The Kier molecular flexibility index (Phi) is 7.38. The number of amides is 1. The first kappa shape index (κ1) is 23.3. The van der Waals surface area contributed by atoms with Gasteiger partial charge in [-0.25, -0.2) is 4.98 Å². The SMILES string of the molecule is CCN(CC)c1nc2nc(SCC(=O)Nc3ccc(C)c(C)c3)n(C(C)C)c(=O)c2s1. The Labute approximate surface area is 190 Å². The molecule has 0 bridgehead atoms. The topological polar surface area (TPSA) is 80.1 Å². The number of thioether (sulfide) groups is 1. The summed E-state index contributed by atoms with van der Waals surface area (Å²) in [5, 5.41) is 4.23. The maximum absolute atomic E-state index is 13.2. The van der Waals surface area contributed by atoms with Gasteiger partial charge in [0.1, 0.15) is 4.70 Å². The second kappa shape index (κ2) is 9.82. The van der Waals surface area contributed by atoms with Gasteiger partial charge in [0.05, 0.1) is 5.75 Å². The van der Waals surface area contributed by atoms with E-state index in [9.17, 15) is 9.59 Å². The second-order valence-electron chi connectivity index (χ2n) is 7.62. The van der Waals surface area contributed by atoms with E-state index in [4.69, 9.17) is 0 Å². The lowest BCUT2D eigenvalue weighted by Gasteiger charge is -2.15. The molecule has 0 unspecified atom stereocenters. The van der Waals surface area contributed by atoms with Crippen LogP contribution >= 0.6 is 23.1 Å². The Morgan fingerprint density at radius 2 is 1.90 bits per heavy atom. The lowest BCUT2D eigenvalue weighted by atomic mass is 10.1. The molecule has 31 heavy (non-hydrogen) atoms. The fourth-order valence-electron chi connectivity index (χ4n) is 3.19. The van der Waals surface area contributed by atoms with E-state index >= 15 is 0 Å². The average Bonchev–Trinajstić information content (AvgIpc) is 3.14. The van der Waals surface area contributed by atoms with Gasteiger partial charge in [-0.2, -0.15) is 4.98 Å². The van der Waals surface area contributed by atoms with Crippen molar-refractivity contribution in [2.75, 3.05) is 29.1 Å². The van der Waals surface area contributed by atoms with Crippen LogP contribution < -0.4 is 15.8 Å². The number of nitrogens with zero attached hydrogens (tertiary/aromatic N) is 4. The van der Waals surface area contributed by atoms with Crippen molar-refractivity contribution in [3.63, 3.8) is 0 Å². The number of carbonyl (C=O) groups excluding carboxylic acids is 1. The van der Waals surface area contributed by atoms with Crippen molar-refractivity contribution in [1.82, 2.24) is 14.5 Å². The number of benzene rings is 1. The summed E-state index contributed by atoms with van der Waals surface area (Å²) in [6.07, 6.45) is 0. The lowest BCUT2D eigenvalue weighted by Crippen LogP contribution is -2.25. The molecule has 0 radical (unpaired) electrons. The first-order chi connectivity index (χ1) is 14.7. The average molecular weight is 460 g/mol. The third kappa shape index (κ3) is 5.10. The van der Waals surface area contributed by atoms with Gasteiger partial charge in [-0.05, 0) is 64.8 Å². The summed E-state index contributed by atoms with van der Waals surface area (Å²) >= 11 is 2.64. The van der Waals surface area contributed by atoms with Crippen LogP contribution in [-0.2, 0) is 4.79 Å². The van der Waals surface area contributed by atoms with Gasteiger partial charge in [-0.1, -0.05) is 29.2 Å². The van der Waals surface area contributed by atoms with Crippen molar-refractivity contribution >= 4 is 50.2 Å². The predicted molar refractivity (Wildman–Crippen MR) is 131 cm³/mol. The van der Waals surface area contributed by atoms with E-state index < -0.39 is 0 Å². The van der Waals surface area contributed by atoms with Crippen LogP contribution in [0.1, 0.15) is 44.9 Å². The summed E-state index contributed by atoms with van der Waals surface area (Å²) in [6, 6.07) is 5.76. The van der Waals surface area contributed by atoms with Gasteiger partial charge in [0, 0.05) is 24.8 Å². The van der Waals surface area contributed by atoms with Crippen LogP contribution in [-0.4, -0.2) is 39.3 Å². The van der Waals surface area contributed by atoms with Gasteiger partial charge >= 0.3 is 0 Å². The smallest absolute Gasteiger partial charge is 0.274 e. The molecule has 0 spiro atoms. The van der Waals surface area contributed by atoms with Gasteiger partial charge < -0.3 is 10.2 Å². The van der Waals surface area contributed by atoms with Crippen molar-refractivity contribution in [2.45, 2.75) is 52.7 Å². The van der Waals surface area contributed by atoms with Crippen LogP contribution in [0.15, 0.2) is 28.2 Å². The Morgan fingerprint density at radius 3 is 2.52 bits per heavy atom. The van der Waals surface area contributed by atoms with Crippen molar-refractivity contribution < 1.29 is 4.79 Å². The number of aromatic nitrogens is 3. The third-order valence-electron chi connectivity index (χ3n) is 5.09. The number of anilines is 2. The van der Waals surface area contributed by atoms with Crippen LogP contribution in [0.4, 0.5) is 10.8 Å². The number of carbonyl (C=O) groups is 1. The molecule has 0 saturated heterocycles. The Bertz CT molecular complexity index is 1150.